The fourth-order valence-corrected chi connectivity index (χ4v) is 1.99. The zero-order valence-electron chi connectivity index (χ0n) is 10.00. The number of carboxylic acid groups (broad SMARTS) is 1. The molecule has 1 aromatic carbocycles. The minimum atomic E-state index is -1.09. The lowest BCUT2D eigenvalue weighted by Crippen LogP contribution is -2.33. The van der Waals surface area contributed by atoms with Crippen LogP contribution in [0.25, 0.3) is 0 Å². The van der Waals surface area contributed by atoms with Crippen LogP contribution >= 0.6 is 11.8 Å². The summed E-state index contributed by atoms with van der Waals surface area (Å²) in [5.41, 5.74) is 6.30. The number of nitrogens with one attached hydrogen (secondary N) is 1. The van der Waals surface area contributed by atoms with Crippen molar-refractivity contribution >= 4 is 29.3 Å². The van der Waals surface area contributed by atoms with Crippen molar-refractivity contribution in [1.29, 1.82) is 5.26 Å². The number of benzene rings is 1. The van der Waals surface area contributed by atoms with E-state index in [-0.39, 0.29) is 17.4 Å². The largest absolute Gasteiger partial charge is 0.480 e. The van der Waals surface area contributed by atoms with Gasteiger partial charge in [-0.1, -0.05) is 6.07 Å². The van der Waals surface area contributed by atoms with Gasteiger partial charge in [-0.25, -0.2) is 0 Å². The van der Waals surface area contributed by atoms with Crippen LogP contribution in [0, 0.1) is 11.3 Å². The Balaban J connectivity index is 2.39. The number of thioether (sulfide) groups is 1. The molecule has 1 aromatic rings. The van der Waals surface area contributed by atoms with Crippen LogP contribution in [0.2, 0.25) is 0 Å². The highest BCUT2D eigenvalue weighted by Gasteiger charge is 2.12. The molecule has 0 aliphatic heterocycles. The Hall–Kier alpha value is -2.04. The smallest absolute Gasteiger partial charge is 0.321 e. The number of nitriles is 1. The van der Waals surface area contributed by atoms with Gasteiger partial charge in [-0.05, 0) is 18.2 Å². The average molecular weight is 279 g/mol. The second-order valence-electron chi connectivity index (χ2n) is 3.70. The van der Waals surface area contributed by atoms with Gasteiger partial charge < -0.3 is 16.2 Å². The molecule has 7 heteroatoms. The van der Waals surface area contributed by atoms with Gasteiger partial charge in [0.2, 0.25) is 5.91 Å². The Morgan fingerprint density at radius 2 is 2.26 bits per heavy atom. The predicted octanol–water partition coefficient (Wildman–Crippen LogP) is 0.642. The molecule has 100 valence electrons. The third kappa shape index (κ3) is 5.42. The maximum absolute atomic E-state index is 11.6. The number of aliphatic carboxylic acids is 1. The number of amides is 1. The van der Waals surface area contributed by atoms with Crippen LogP contribution in [-0.2, 0) is 9.59 Å². The molecule has 0 heterocycles. The molecule has 6 nitrogen and oxygen atoms in total. The number of hydrogen-bond donors (Lipinski definition) is 3. The molecule has 0 spiro atoms. The predicted molar refractivity (Wildman–Crippen MR) is 72.7 cm³/mol. The van der Waals surface area contributed by atoms with Gasteiger partial charge >= 0.3 is 5.97 Å². The van der Waals surface area contributed by atoms with Crippen LogP contribution in [0.15, 0.2) is 24.3 Å². The number of anilines is 1. The van der Waals surface area contributed by atoms with E-state index in [0.717, 1.165) is 11.8 Å². The van der Waals surface area contributed by atoms with E-state index < -0.39 is 12.0 Å². The van der Waals surface area contributed by atoms with E-state index in [2.05, 4.69) is 5.32 Å². The average Bonchev–Trinajstić information content (AvgIpc) is 2.38. The molecular weight excluding hydrogens is 266 g/mol. The summed E-state index contributed by atoms with van der Waals surface area (Å²) in [6.07, 6.45) is 0. The van der Waals surface area contributed by atoms with Crippen molar-refractivity contribution in [1.82, 2.24) is 0 Å². The highest BCUT2D eigenvalue weighted by atomic mass is 32.2. The number of carbonyl (C=O) groups excluding carboxylic acids is 1. The van der Waals surface area contributed by atoms with E-state index in [1.807, 2.05) is 6.07 Å². The monoisotopic (exact) mass is 279 g/mol. The Bertz CT molecular complexity index is 513. The van der Waals surface area contributed by atoms with Crippen molar-refractivity contribution in [2.24, 2.45) is 5.73 Å². The fraction of sp³-hybridized carbons (Fsp3) is 0.250. The lowest BCUT2D eigenvalue weighted by Gasteiger charge is -2.07. The topological polar surface area (TPSA) is 116 Å². The molecule has 0 aliphatic rings. The summed E-state index contributed by atoms with van der Waals surface area (Å²) in [4.78, 5) is 22.0. The van der Waals surface area contributed by atoms with Crippen LogP contribution in [0.3, 0.4) is 0 Å². The molecule has 0 unspecified atom stereocenters. The summed E-state index contributed by atoms with van der Waals surface area (Å²) < 4.78 is 0. The number of nitrogens with two attached hydrogens (primary N) is 1. The van der Waals surface area contributed by atoms with Crippen LogP contribution in [-0.4, -0.2) is 34.5 Å². The normalized spacial score (nSPS) is 11.4. The lowest BCUT2D eigenvalue weighted by atomic mass is 10.2. The molecule has 0 radical (unpaired) electrons. The number of carbonyl (C=O) groups is 2. The van der Waals surface area contributed by atoms with Gasteiger partial charge in [-0.2, -0.15) is 5.26 Å². The highest BCUT2D eigenvalue weighted by molar-refractivity contribution is 8.00. The maximum atomic E-state index is 11.6. The molecule has 0 bridgehead atoms. The van der Waals surface area contributed by atoms with Gasteiger partial charge in [-0.3, -0.25) is 9.59 Å². The quantitative estimate of drug-likeness (QED) is 0.703. The first kappa shape index (κ1) is 15.0. The molecule has 0 saturated carbocycles. The first-order valence-electron chi connectivity index (χ1n) is 5.39. The first-order valence-corrected chi connectivity index (χ1v) is 6.54. The summed E-state index contributed by atoms with van der Waals surface area (Å²) in [6, 6.07) is 7.54. The van der Waals surface area contributed by atoms with Crippen molar-refractivity contribution in [3.63, 3.8) is 0 Å². The van der Waals surface area contributed by atoms with E-state index in [1.54, 1.807) is 24.3 Å². The Morgan fingerprint density at radius 1 is 1.53 bits per heavy atom. The van der Waals surface area contributed by atoms with Crippen molar-refractivity contribution in [3.8, 4) is 6.07 Å². The van der Waals surface area contributed by atoms with Gasteiger partial charge in [0.15, 0.2) is 0 Å². The van der Waals surface area contributed by atoms with Gasteiger partial charge in [0.05, 0.1) is 17.4 Å². The molecule has 0 saturated heterocycles. The molecule has 19 heavy (non-hydrogen) atoms. The molecule has 0 aliphatic carbocycles. The fourth-order valence-electron chi connectivity index (χ4n) is 1.21. The van der Waals surface area contributed by atoms with Gasteiger partial charge in [-0.15, -0.1) is 11.8 Å². The van der Waals surface area contributed by atoms with E-state index in [1.165, 1.54) is 0 Å². The molecular formula is C12H13N3O3S. The molecule has 1 atom stereocenters. The molecule has 4 N–H and O–H groups in total. The number of rotatable bonds is 6. The molecule has 1 amide bonds. The standard InChI is InChI=1S/C12H13N3O3S/c13-5-8-2-1-3-9(4-8)15-11(16)7-19-6-10(14)12(17)18/h1-4,10H,6-7,14H2,(H,15,16)(H,17,18)/t10-/m0/s1. The van der Waals surface area contributed by atoms with Crippen LogP contribution in [0.4, 0.5) is 5.69 Å². The van der Waals surface area contributed by atoms with Crippen molar-refractivity contribution in [3.05, 3.63) is 29.8 Å². The van der Waals surface area contributed by atoms with E-state index in [9.17, 15) is 9.59 Å². The third-order valence-corrected chi connectivity index (χ3v) is 3.18. The van der Waals surface area contributed by atoms with Crippen LogP contribution in [0.1, 0.15) is 5.56 Å². The molecule has 1 rings (SSSR count). The van der Waals surface area contributed by atoms with E-state index >= 15 is 0 Å². The minimum Gasteiger partial charge on any atom is -0.480 e. The number of hydrogen-bond acceptors (Lipinski definition) is 5. The van der Waals surface area contributed by atoms with E-state index in [4.69, 9.17) is 16.1 Å². The molecule has 0 aromatic heterocycles. The summed E-state index contributed by atoms with van der Waals surface area (Å²) in [6.45, 7) is 0. The van der Waals surface area contributed by atoms with Crippen molar-refractivity contribution in [2.45, 2.75) is 6.04 Å². The lowest BCUT2D eigenvalue weighted by molar-refractivity contribution is -0.137. The Morgan fingerprint density at radius 3 is 2.89 bits per heavy atom. The summed E-state index contributed by atoms with van der Waals surface area (Å²) in [7, 11) is 0. The minimum absolute atomic E-state index is 0.109. The second kappa shape index (κ2) is 7.41. The third-order valence-electron chi connectivity index (χ3n) is 2.12. The highest BCUT2D eigenvalue weighted by Crippen LogP contribution is 2.11. The van der Waals surface area contributed by atoms with Crippen LogP contribution < -0.4 is 11.1 Å². The number of carboxylic acids is 1. The Labute approximate surface area is 114 Å². The van der Waals surface area contributed by atoms with Gasteiger partial charge in [0.25, 0.3) is 0 Å². The number of nitrogens with zero attached hydrogens (tertiary/aromatic N) is 1. The Kier molecular flexibility index (Phi) is 5.85. The summed E-state index contributed by atoms with van der Waals surface area (Å²) >= 11 is 1.14. The van der Waals surface area contributed by atoms with Crippen molar-refractivity contribution < 1.29 is 14.7 Å². The van der Waals surface area contributed by atoms with Crippen LogP contribution in [0.5, 0.6) is 0 Å². The summed E-state index contributed by atoms with van der Waals surface area (Å²) in [5.74, 6) is -1.08. The van der Waals surface area contributed by atoms with E-state index in [0.29, 0.717) is 11.3 Å². The zero-order valence-corrected chi connectivity index (χ0v) is 10.8. The van der Waals surface area contributed by atoms with Gasteiger partial charge in [0.1, 0.15) is 6.04 Å². The zero-order chi connectivity index (χ0) is 14.3. The maximum Gasteiger partial charge on any atom is 0.321 e. The second-order valence-corrected chi connectivity index (χ2v) is 4.73. The SMILES string of the molecule is N#Cc1cccc(NC(=O)CSC[C@H](N)C(=O)O)c1. The summed E-state index contributed by atoms with van der Waals surface area (Å²) in [5, 5.41) is 19.9. The first-order chi connectivity index (χ1) is 9.02. The van der Waals surface area contributed by atoms with Crippen molar-refractivity contribution in [2.75, 3.05) is 16.8 Å². The van der Waals surface area contributed by atoms with Gasteiger partial charge in [0, 0.05) is 11.4 Å². The molecule has 0 fully saturated rings.